The zero-order valence-corrected chi connectivity index (χ0v) is 16.3. The summed E-state index contributed by atoms with van der Waals surface area (Å²) >= 11 is 6.24. The molecule has 1 saturated heterocycles. The van der Waals surface area contributed by atoms with Crippen molar-refractivity contribution in [2.45, 2.75) is 25.9 Å². The van der Waals surface area contributed by atoms with Crippen molar-refractivity contribution < 1.29 is 22.8 Å². The van der Waals surface area contributed by atoms with Crippen LogP contribution in [0.1, 0.15) is 19.8 Å². The smallest absolute Gasteiger partial charge is 0.342 e. The molecule has 1 aliphatic heterocycles. The summed E-state index contributed by atoms with van der Waals surface area (Å²) in [5.41, 5.74) is 1.05. The number of rotatable bonds is 5. The zero-order chi connectivity index (χ0) is 21.2. The number of alkyl halides is 3. The maximum atomic E-state index is 13.0. The lowest BCUT2D eigenvalue weighted by atomic mass is 10.1. The van der Waals surface area contributed by atoms with E-state index in [-0.39, 0.29) is 24.1 Å². The van der Waals surface area contributed by atoms with Crippen molar-refractivity contribution in [3.8, 4) is 5.69 Å². The van der Waals surface area contributed by atoms with Gasteiger partial charge in [-0.2, -0.15) is 18.3 Å². The Morgan fingerprint density at radius 1 is 1.38 bits per heavy atom. The van der Waals surface area contributed by atoms with Crippen LogP contribution in [-0.2, 0) is 9.59 Å². The Morgan fingerprint density at radius 3 is 2.76 bits per heavy atom. The highest BCUT2D eigenvalue weighted by atomic mass is 35.5. The maximum Gasteiger partial charge on any atom is 0.397 e. The second-order valence-corrected chi connectivity index (χ2v) is 7.02. The molecule has 0 bridgehead atoms. The van der Waals surface area contributed by atoms with Gasteiger partial charge < -0.3 is 9.80 Å². The van der Waals surface area contributed by atoms with Crippen LogP contribution in [0.15, 0.2) is 30.7 Å². The molecule has 1 aliphatic rings. The molecule has 0 aliphatic carbocycles. The molecule has 3 heterocycles. The average molecular weight is 430 g/mol. The van der Waals surface area contributed by atoms with Crippen molar-refractivity contribution in [3.05, 3.63) is 35.9 Å². The number of likely N-dealkylation sites (tertiary alicyclic amines) is 1. The van der Waals surface area contributed by atoms with Gasteiger partial charge in [-0.25, -0.2) is 4.68 Å². The molecule has 0 saturated carbocycles. The Morgan fingerprint density at radius 2 is 2.14 bits per heavy atom. The monoisotopic (exact) mass is 429 g/mol. The van der Waals surface area contributed by atoms with Gasteiger partial charge in [0.15, 0.2) is 5.15 Å². The molecule has 3 rings (SSSR count). The van der Waals surface area contributed by atoms with Gasteiger partial charge in [0.25, 0.3) is 0 Å². The molecule has 0 N–H and O–H groups in total. The predicted octanol–water partition coefficient (Wildman–Crippen LogP) is 3.07. The van der Waals surface area contributed by atoms with Crippen LogP contribution in [0.2, 0.25) is 5.15 Å². The summed E-state index contributed by atoms with van der Waals surface area (Å²) in [5, 5.41) is 4.32. The van der Waals surface area contributed by atoms with Gasteiger partial charge >= 0.3 is 6.18 Å². The van der Waals surface area contributed by atoms with Crippen LogP contribution in [-0.4, -0.2) is 57.3 Å². The molecule has 0 spiro atoms. The Hall–Kier alpha value is -2.62. The van der Waals surface area contributed by atoms with Crippen LogP contribution < -0.4 is 4.90 Å². The number of amides is 2. The number of hydrogen-bond acceptors (Lipinski definition) is 4. The molecule has 1 fully saturated rings. The molecule has 29 heavy (non-hydrogen) atoms. The predicted molar refractivity (Wildman–Crippen MR) is 99.8 cm³/mol. The van der Waals surface area contributed by atoms with Crippen LogP contribution in [0.25, 0.3) is 5.69 Å². The molecule has 156 valence electrons. The van der Waals surface area contributed by atoms with Crippen LogP contribution in [0.4, 0.5) is 18.9 Å². The first-order valence-corrected chi connectivity index (χ1v) is 9.39. The van der Waals surface area contributed by atoms with E-state index in [0.29, 0.717) is 24.3 Å². The number of halogens is 4. The molecule has 11 heteroatoms. The second kappa shape index (κ2) is 8.40. The summed E-state index contributed by atoms with van der Waals surface area (Å²) in [6.45, 7) is 2.13. The summed E-state index contributed by atoms with van der Waals surface area (Å²) < 4.78 is 38.9. The number of aromatic nitrogens is 3. The van der Waals surface area contributed by atoms with Gasteiger partial charge in [-0.3, -0.25) is 14.6 Å². The Bertz CT molecular complexity index is 887. The van der Waals surface area contributed by atoms with E-state index in [1.807, 2.05) is 0 Å². The molecule has 0 radical (unpaired) electrons. The van der Waals surface area contributed by atoms with Crippen LogP contribution in [0, 0.1) is 5.92 Å². The lowest BCUT2D eigenvalue weighted by Gasteiger charge is -2.23. The molecule has 1 atom stereocenters. The third-order valence-electron chi connectivity index (χ3n) is 4.68. The van der Waals surface area contributed by atoms with E-state index in [9.17, 15) is 22.8 Å². The first-order valence-electron chi connectivity index (χ1n) is 9.01. The molecule has 2 aromatic heterocycles. The molecular formula is C18H19ClF3N5O2. The number of nitrogens with zero attached hydrogens (tertiary/aromatic N) is 5. The fourth-order valence-electron chi connectivity index (χ4n) is 3.28. The highest BCUT2D eigenvalue weighted by Gasteiger charge is 2.39. The average Bonchev–Trinajstić information content (AvgIpc) is 3.29. The van der Waals surface area contributed by atoms with Gasteiger partial charge in [0, 0.05) is 25.8 Å². The maximum absolute atomic E-state index is 13.0. The van der Waals surface area contributed by atoms with E-state index in [1.54, 1.807) is 37.6 Å². The number of carbonyl (C=O) groups is 2. The number of hydrogen-bond donors (Lipinski definition) is 0. The Kier molecular flexibility index (Phi) is 6.11. The second-order valence-electron chi connectivity index (χ2n) is 6.66. The lowest BCUT2D eigenvalue weighted by Crippen LogP contribution is -2.38. The minimum atomic E-state index is -4.57. The molecular weight excluding hydrogens is 411 g/mol. The van der Waals surface area contributed by atoms with E-state index >= 15 is 0 Å². The van der Waals surface area contributed by atoms with E-state index in [4.69, 9.17) is 11.6 Å². The number of anilines is 1. The lowest BCUT2D eigenvalue weighted by molar-refractivity contribution is -0.160. The van der Waals surface area contributed by atoms with Crippen LogP contribution in [0.5, 0.6) is 0 Å². The van der Waals surface area contributed by atoms with Crippen LogP contribution >= 0.6 is 11.6 Å². The standard InChI is InChI=1S/C18H19ClF3N5O2/c1-2-26(14-11-27(24-16(14)19)13-4-3-6-23-9-13)17(29)12-5-7-25(10-12)15(28)8-18(20,21)22/h3-4,6,9,11-12H,2,5,7-8,10H2,1H3. The van der Waals surface area contributed by atoms with Crippen molar-refractivity contribution >= 4 is 29.1 Å². The van der Waals surface area contributed by atoms with Crippen LogP contribution in [0.3, 0.4) is 0 Å². The molecule has 2 aromatic rings. The summed E-state index contributed by atoms with van der Waals surface area (Å²) in [6.07, 6.45) is -0.983. The van der Waals surface area contributed by atoms with Crippen molar-refractivity contribution in [1.29, 1.82) is 0 Å². The largest absolute Gasteiger partial charge is 0.397 e. The Balaban J connectivity index is 1.73. The molecule has 0 aromatic carbocycles. The SMILES string of the molecule is CCN(C(=O)C1CCN(C(=O)CC(F)(F)F)C1)c1cn(-c2cccnc2)nc1Cl. The zero-order valence-electron chi connectivity index (χ0n) is 15.6. The fraction of sp³-hybridized carbons (Fsp3) is 0.444. The van der Waals surface area contributed by atoms with Gasteiger partial charge in [-0.05, 0) is 25.5 Å². The molecule has 1 unspecified atom stereocenters. The highest BCUT2D eigenvalue weighted by Crippen LogP contribution is 2.30. The fourth-order valence-corrected chi connectivity index (χ4v) is 3.52. The quantitative estimate of drug-likeness (QED) is 0.732. The first kappa shape index (κ1) is 21.1. The van der Waals surface area contributed by atoms with Crippen molar-refractivity contribution in [3.63, 3.8) is 0 Å². The third-order valence-corrected chi connectivity index (χ3v) is 4.95. The van der Waals surface area contributed by atoms with Gasteiger partial charge in [0.05, 0.1) is 24.0 Å². The Labute approximate surface area is 170 Å². The molecule has 2 amide bonds. The van der Waals surface area contributed by atoms with E-state index in [1.165, 1.54) is 9.58 Å². The van der Waals surface area contributed by atoms with E-state index in [2.05, 4.69) is 10.1 Å². The van der Waals surface area contributed by atoms with Crippen molar-refractivity contribution in [1.82, 2.24) is 19.7 Å². The third kappa shape index (κ3) is 4.87. The van der Waals surface area contributed by atoms with Crippen molar-refractivity contribution in [2.75, 3.05) is 24.5 Å². The number of pyridine rings is 1. The van der Waals surface area contributed by atoms with E-state index < -0.39 is 24.4 Å². The normalized spacial score (nSPS) is 16.9. The minimum absolute atomic E-state index is 0.0430. The highest BCUT2D eigenvalue weighted by molar-refractivity contribution is 6.32. The van der Waals surface area contributed by atoms with Gasteiger partial charge in [0.2, 0.25) is 11.8 Å². The van der Waals surface area contributed by atoms with Gasteiger partial charge in [-0.15, -0.1) is 0 Å². The summed E-state index contributed by atoms with van der Waals surface area (Å²) in [6, 6.07) is 3.51. The molecule has 7 nitrogen and oxygen atoms in total. The summed E-state index contributed by atoms with van der Waals surface area (Å²) in [7, 11) is 0. The summed E-state index contributed by atoms with van der Waals surface area (Å²) in [4.78, 5) is 31.3. The van der Waals surface area contributed by atoms with Gasteiger partial charge in [-0.1, -0.05) is 11.6 Å². The topological polar surface area (TPSA) is 71.3 Å². The van der Waals surface area contributed by atoms with Gasteiger partial charge in [0.1, 0.15) is 12.1 Å². The summed E-state index contributed by atoms with van der Waals surface area (Å²) in [5.74, 6) is -1.91. The van der Waals surface area contributed by atoms with E-state index in [0.717, 1.165) is 4.90 Å². The van der Waals surface area contributed by atoms with Crippen molar-refractivity contribution in [2.24, 2.45) is 5.92 Å². The first-order chi connectivity index (χ1) is 13.7. The minimum Gasteiger partial charge on any atom is -0.342 e. The number of carbonyl (C=O) groups excluding carboxylic acids is 2.